The normalized spacial score (nSPS) is 19.1. The molecule has 1 aromatic carbocycles. The molecular formula is C17H26N2O. The van der Waals surface area contributed by atoms with Crippen LogP contribution in [-0.4, -0.2) is 36.5 Å². The van der Waals surface area contributed by atoms with Gasteiger partial charge in [-0.25, -0.2) is 0 Å². The van der Waals surface area contributed by atoms with Crippen molar-refractivity contribution in [1.82, 2.24) is 10.2 Å². The molecule has 0 aromatic heterocycles. The van der Waals surface area contributed by atoms with Gasteiger partial charge in [0.15, 0.2) is 0 Å². The van der Waals surface area contributed by atoms with E-state index in [1.54, 1.807) is 0 Å². The van der Waals surface area contributed by atoms with Crippen LogP contribution in [0.15, 0.2) is 24.3 Å². The summed E-state index contributed by atoms with van der Waals surface area (Å²) in [7, 11) is 0. The third-order valence-electron chi connectivity index (χ3n) is 4.02. The van der Waals surface area contributed by atoms with Crippen molar-refractivity contribution in [3.63, 3.8) is 0 Å². The molecule has 1 aliphatic rings. The van der Waals surface area contributed by atoms with Crippen LogP contribution in [0.3, 0.4) is 0 Å². The van der Waals surface area contributed by atoms with Crippen molar-refractivity contribution in [3.05, 3.63) is 35.4 Å². The monoisotopic (exact) mass is 274 g/mol. The van der Waals surface area contributed by atoms with Gasteiger partial charge >= 0.3 is 0 Å². The Balaban J connectivity index is 1.90. The molecule has 1 amide bonds. The zero-order chi connectivity index (χ0) is 14.4. The molecule has 1 N–H and O–H groups in total. The van der Waals surface area contributed by atoms with Crippen molar-refractivity contribution in [2.45, 2.75) is 45.6 Å². The Hall–Kier alpha value is -1.35. The lowest BCUT2D eigenvalue weighted by molar-refractivity contribution is -0.133. The molecule has 0 saturated carbocycles. The molecular weight excluding hydrogens is 248 g/mol. The third-order valence-corrected chi connectivity index (χ3v) is 4.02. The summed E-state index contributed by atoms with van der Waals surface area (Å²) in [5, 5.41) is 3.32. The summed E-state index contributed by atoms with van der Waals surface area (Å²) in [5.74, 6) is 0.250. The zero-order valence-electron chi connectivity index (χ0n) is 12.7. The highest BCUT2D eigenvalue weighted by atomic mass is 16.2. The van der Waals surface area contributed by atoms with Crippen LogP contribution in [0.2, 0.25) is 0 Å². The average Bonchev–Trinajstić information content (AvgIpc) is 2.47. The van der Waals surface area contributed by atoms with Gasteiger partial charge < -0.3 is 10.2 Å². The average molecular weight is 274 g/mol. The fraction of sp³-hybridized carbons (Fsp3) is 0.588. The number of aryl methyl sites for hydroxylation is 1. The molecule has 3 heteroatoms. The Morgan fingerprint density at radius 1 is 1.30 bits per heavy atom. The number of piperazine rings is 1. The first-order valence-electron chi connectivity index (χ1n) is 7.78. The van der Waals surface area contributed by atoms with Crippen LogP contribution in [0, 0.1) is 0 Å². The van der Waals surface area contributed by atoms with E-state index in [2.05, 4.69) is 43.4 Å². The van der Waals surface area contributed by atoms with E-state index in [0.717, 1.165) is 31.6 Å². The van der Waals surface area contributed by atoms with E-state index in [1.165, 1.54) is 18.4 Å². The number of rotatable bonds is 5. The lowest BCUT2D eigenvalue weighted by Gasteiger charge is -2.34. The second-order valence-corrected chi connectivity index (χ2v) is 5.74. The molecule has 1 aliphatic heterocycles. The summed E-state index contributed by atoms with van der Waals surface area (Å²) in [5.41, 5.74) is 2.50. The Morgan fingerprint density at radius 2 is 2.00 bits per heavy atom. The first-order valence-corrected chi connectivity index (χ1v) is 7.78. The highest BCUT2D eigenvalue weighted by Crippen LogP contribution is 2.11. The van der Waals surface area contributed by atoms with Gasteiger partial charge in [0.2, 0.25) is 5.91 Å². The molecule has 110 valence electrons. The van der Waals surface area contributed by atoms with Crippen molar-refractivity contribution in [1.29, 1.82) is 0 Å². The second kappa shape index (κ2) is 7.44. The standard InChI is InChI=1S/C17H26N2O/c1-3-4-5-15-6-8-16(9-7-15)12-17(20)19-11-10-18-13-14(19)2/h6-9,14,18H,3-5,10-13H2,1-2H3. The molecule has 20 heavy (non-hydrogen) atoms. The van der Waals surface area contributed by atoms with Gasteiger partial charge in [-0.2, -0.15) is 0 Å². The number of amides is 1. The summed E-state index contributed by atoms with van der Waals surface area (Å²) in [6, 6.07) is 8.85. The molecule has 0 bridgehead atoms. The lowest BCUT2D eigenvalue weighted by atomic mass is 10.0. The third kappa shape index (κ3) is 4.07. The van der Waals surface area contributed by atoms with E-state index in [9.17, 15) is 4.79 Å². The molecule has 1 unspecified atom stereocenters. The maximum atomic E-state index is 12.3. The van der Waals surface area contributed by atoms with Gasteiger partial charge in [-0.05, 0) is 30.9 Å². The van der Waals surface area contributed by atoms with Gasteiger partial charge in [-0.3, -0.25) is 4.79 Å². The zero-order valence-corrected chi connectivity index (χ0v) is 12.7. The first kappa shape index (κ1) is 15.0. The number of hydrogen-bond donors (Lipinski definition) is 1. The minimum absolute atomic E-state index is 0.250. The van der Waals surface area contributed by atoms with Crippen LogP contribution in [0.25, 0.3) is 0 Å². The molecule has 2 rings (SSSR count). The van der Waals surface area contributed by atoms with Crippen LogP contribution < -0.4 is 5.32 Å². The van der Waals surface area contributed by atoms with Gasteiger partial charge in [0.25, 0.3) is 0 Å². The maximum Gasteiger partial charge on any atom is 0.227 e. The molecule has 0 aliphatic carbocycles. The number of unbranched alkanes of at least 4 members (excludes halogenated alkanes) is 1. The summed E-state index contributed by atoms with van der Waals surface area (Å²) in [6.45, 7) is 6.96. The van der Waals surface area contributed by atoms with Gasteiger partial charge in [-0.1, -0.05) is 37.6 Å². The Morgan fingerprint density at radius 3 is 2.65 bits per heavy atom. The SMILES string of the molecule is CCCCc1ccc(CC(=O)N2CCNCC2C)cc1. The van der Waals surface area contributed by atoms with Crippen LogP contribution in [0.1, 0.15) is 37.8 Å². The highest BCUT2D eigenvalue weighted by molar-refractivity contribution is 5.79. The number of nitrogens with zero attached hydrogens (tertiary/aromatic N) is 1. The van der Waals surface area contributed by atoms with Crippen LogP contribution in [0.4, 0.5) is 0 Å². The smallest absolute Gasteiger partial charge is 0.227 e. The van der Waals surface area contributed by atoms with Crippen molar-refractivity contribution < 1.29 is 4.79 Å². The Kier molecular flexibility index (Phi) is 5.60. The summed E-state index contributed by atoms with van der Waals surface area (Å²) in [4.78, 5) is 14.3. The number of carbonyl (C=O) groups excluding carboxylic acids is 1. The molecule has 3 nitrogen and oxygen atoms in total. The molecule has 0 radical (unpaired) electrons. The van der Waals surface area contributed by atoms with Crippen molar-refractivity contribution in [2.24, 2.45) is 0 Å². The van der Waals surface area contributed by atoms with Crippen LogP contribution in [-0.2, 0) is 17.6 Å². The minimum atomic E-state index is 0.250. The number of benzene rings is 1. The van der Waals surface area contributed by atoms with Crippen LogP contribution in [0.5, 0.6) is 0 Å². The first-order chi connectivity index (χ1) is 9.70. The second-order valence-electron chi connectivity index (χ2n) is 5.74. The molecule has 1 heterocycles. The maximum absolute atomic E-state index is 12.3. The van der Waals surface area contributed by atoms with Gasteiger partial charge in [0, 0.05) is 25.7 Å². The van der Waals surface area contributed by atoms with E-state index >= 15 is 0 Å². The fourth-order valence-electron chi connectivity index (χ4n) is 2.69. The molecule has 1 atom stereocenters. The number of hydrogen-bond acceptors (Lipinski definition) is 2. The van der Waals surface area contributed by atoms with Gasteiger partial charge in [0.1, 0.15) is 0 Å². The highest BCUT2D eigenvalue weighted by Gasteiger charge is 2.22. The van der Waals surface area contributed by atoms with Crippen molar-refractivity contribution in [3.8, 4) is 0 Å². The van der Waals surface area contributed by atoms with E-state index in [0.29, 0.717) is 12.5 Å². The number of carbonyl (C=O) groups is 1. The minimum Gasteiger partial charge on any atom is -0.337 e. The summed E-state index contributed by atoms with van der Waals surface area (Å²) in [6.07, 6.45) is 4.12. The topological polar surface area (TPSA) is 32.3 Å². The predicted molar refractivity (Wildman–Crippen MR) is 82.8 cm³/mol. The fourth-order valence-corrected chi connectivity index (χ4v) is 2.69. The molecule has 0 spiro atoms. The summed E-state index contributed by atoms with van der Waals surface area (Å²) >= 11 is 0. The number of nitrogens with one attached hydrogen (secondary N) is 1. The lowest BCUT2D eigenvalue weighted by Crippen LogP contribution is -2.52. The Labute approximate surface area is 122 Å². The van der Waals surface area contributed by atoms with E-state index < -0.39 is 0 Å². The molecule has 1 saturated heterocycles. The van der Waals surface area contributed by atoms with Gasteiger partial charge in [0.05, 0.1) is 6.42 Å². The largest absolute Gasteiger partial charge is 0.337 e. The van der Waals surface area contributed by atoms with E-state index in [4.69, 9.17) is 0 Å². The quantitative estimate of drug-likeness (QED) is 0.894. The van der Waals surface area contributed by atoms with Crippen LogP contribution >= 0.6 is 0 Å². The van der Waals surface area contributed by atoms with E-state index in [-0.39, 0.29) is 5.91 Å². The Bertz CT molecular complexity index is 427. The van der Waals surface area contributed by atoms with Gasteiger partial charge in [-0.15, -0.1) is 0 Å². The van der Waals surface area contributed by atoms with E-state index in [1.807, 2.05) is 4.90 Å². The van der Waals surface area contributed by atoms with Crippen molar-refractivity contribution >= 4 is 5.91 Å². The predicted octanol–water partition coefficient (Wildman–Crippen LogP) is 2.39. The van der Waals surface area contributed by atoms with Crippen molar-refractivity contribution in [2.75, 3.05) is 19.6 Å². The molecule has 1 aromatic rings. The summed E-state index contributed by atoms with van der Waals surface area (Å²) < 4.78 is 0. The molecule has 1 fully saturated rings.